The van der Waals surface area contributed by atoms with Crippen molar-refractivity contribution in [1.82, 2.24) is 10.2 Å². The van der Waals surface area contributed by atoms with Crippen molar-refractivity contribution in [1.29, 1.82) is 0 Å². The van der Waals surface area contributed by atoms with Crippen LogP contribution < -0.4 is 11.1 Å². The lowest BCUT2D eigenvalue weighted by Gasteiger charge is -2.20. The minimum Gasteiger partial charge on any atom is -0.370 e. The average molecular weight is 354 g/mol. The highest BCUT2D eigenvalue weighted by Gasteiger charge is 2.22. The Balaban J connectivity index is 0.00000256. The molecule has 0 aliphatic carbocycles. The van der Waals surface area contributed by atoms with Gasteiger partial charge >= 0.3 is 0 Å². The van der Waals surface area contributed by atoms with Crippen molar-refractivity contribution < 1.29 is 0 Å². The van der Waals surface area contributed by atoms with Crippen molar-refractivity contribution in [2.75, 3.05) is 26.2 Å². The van der Waals surface area contributed by atoms with Crippen molar-refractivity contribution in [3.63, 3.8) is 0 Å². The Kier molecular flexibility index (Phi) is 9.91. The number of likely N-dealkylation sites (N-methyl/N-ethyl adjacent to an activating group) is 1. The van der Waals surface area contributed by atoms with Crippen LogP contribution >= 0.6 is 24.0 Å². The molecule has 1 heterocycles. The summed E-state index contributed by atoms with van der Waals surface area (Å²) in [4.78, 5) is 6.91. The molecule has 1 saturated heterocycles. The lowest BCUT2D eigenvalue weighted by Crippen LogP contribution is -2.36. The van der Waals surface area contributed by atoms with Gasteiger partial charge in [-0.25, -0.2) is 0 Å². The molecule has 0 saturated carbocycles. The molecule has 17 heavy (non-hydrogen) atoms. The van der Waals surface area contributed by atoms with Gasteiger partial charge in [0.05, 0.1) is 6.54 Å². The van der Waals surface area contributed by atoms with Crippen LogP contribution in [0.5, 0.6) is 0 Å². The summed E-state index contributed by atoms with van der Waals surface area (Å²) < 4.78 is 0. The predicted molar refractivity (Wildman–Crippen MR) is 85.1 cm³/mol. The Hall–Kier alpha value is -0.0400. The Bertz CT molecular complexity index is 221. The number of nitrogens with zero attached hydrogens (tertiary/aromatic N) is 2. The van der Waals surface area contributed by atoms with Crippen molar-refractivity contribution >= 4 is 29.9 Å². The molecule has 0 aromatic heterocycles. The molecule has 1 aliphatic rings. The van der Waals surface area contributed by atoms with Crippen LogP contribution in [-0.4, -0.2) is 43.1 Å². The first kappa shape index (κ1) is 17.0. The molecule has 0 radical (unpaired) electrons. The van der Waals surface area contributed by atoms with E-state index in [1.807, 2.05) is 0 Å². The fraction of sp³-hybridized carbons (Fsp3) is 0.917. The summed E-state index contributed by atoms with van der Waals surface area (Å²) in [6, 6.07) is 0.608. The molecule has 4 nitrogen and oxygen atoms in total. The van der Waals surface area contributed by atoms with Crippen LogP contribution in [0.25, 0.3) is 0 Å². The van der Waals surface area contributed by atoms with Gasteiger partial charge in [0.25, 0.3) is 0 Å². The standard InChI is InChI=1S/C12H26N4.HI/c1-3-5-8-14-12(13)15-10-11-7-6-9-16(11)4-2;/h11H,3-10H2,1-2H3,(H3,13,14,15);1H. The third-order valence-electron chi connectivity index (χ3n) is 3.21. The van der Waals surface area contributed by atoms with Crippen LogP contribution in [0, 0.1) is 0 Å². The summed E-state index contributed by atoms with van der Waals surface area (Å²) in [7, 11) is 0. The van der Waals surface area contributed by atoms with E-state index in [0.717, 1.165) is 26.1 Å². The van der Waals surface area contributed by atoms with Gasteiger partial charge in [-0.1, -0.05) is 20.3 Å². The molecule has 1 aliphatic heterocycles. The van der Waals surface area contributed by atoms with Gasteiger partial charge in [-0.3, -0.25) is 9.89 Å². The summed E-state index contributed by atoms with van der Waals surface area (Å²) in [5.41, 5.74) is 5.80. The number of guanidine groups is 1. The Morgan fingerprint density at radius 1 is 1.47 bits per heavy atom. The smallest absolute Gasteiger partial charge is 0.188 e. The molecule has 1 fully saturated rings. The van der Waals surface area contributed by atoms with Gasteiger partial charge in [0.1, 0.15) is 0 Å². The maximum atomic E-state index is 5.80. The molecular weight excluding hydrogens is 327 g/mol. The Morgan fingerprint density at radius 3 is 2.88 bits per heavy atom. The zero-order valence-electron chi connectivity index (χ0n) is 11.1. The summed E-state index contributed by atoms with van der Waals surface area (Å²) in [6.07, 6.45) is 4.91. The molecule has 0 amide bonds. The number of hydrogen-bond acceptors (Lipinski definition) is 2. The number of halogens is 1. The van der Waals surface area contributed by atoms with E-state index in [1.165, 1.54) is 25.8 Å². The van der Waals surface area contributed by atoms with Crippen LogP contribution in [0.4, 0.5) is 0 Å². The van der Waals surface area contributed by atoms with Crippen LogP contribution in [0.3, 0.4) is 0 Å². The molecule has 0 aromatic rings. The summed E-state index contributed by atoms with van der Waals surface area (Å²) in [5.74, 6) is 0.608. The molecule has 102 valence electrons. The predicted octanol–water partition coefficient (Wildman–Crippen LogP) is 1.79. The first-order valence-corrected chi connectivity index (χ1v) is 6.55. The normalized spacial score (nSPS) is 21.3. The minimum absolute atomic E-state index is 0. The number of nitrogens with two attached hydrogens (primary N) is 1. The molecule has 1 atom stereocenters. The van der Waals surface area contributed by atoms with Crippen LogP contribution in [0.2, 0.25) is 0 Å². The third-order valence-corrected chi connectivity index (χ3v) is 3.21. The quantitative estimate of drug-likeness (QED) is 0.331. The van der Waals surface area contributed by atoms with Gasteiger partial charge in [0.2, 0.25) is 0 Å². The monoisotopic (exact) mass is 354 g/mol. The number of rotatable bonds is 6. The second kappa shape index (κ2) is 9.94. The summed E-state index contributed by atoms with van der Waals surface area (Å²) in [5, 5.41) is 3.15. The fourth-order valence-electron chi connectivity index (χ4n) is 2.17. The minimum atomic E-state index is 0. The molecular formula is C12H27IN4. The number of unbranched alkanes of at least 4 members (excludes halogenated alkanes) is 1. The maximum Gasteiger partial charge on any atom is 0.188 e. The van der Waals surface area contributed by atoms with E-state index in [9.17, 15) is 0 Å². The third kappa shape index (κ3) is 6.45. The number of nitrogens with one attached hydrogen (secondary N) is 1. The van der Waals surface area contributed by atoms with Crippen molar-refractivity contribution in [3.05, 3.63) is 0 Å². The molecule has 5 heteroatoms. The maximum absolute atomic E-state index is 5.80. The number of likely N-dealkylation sites (tertiary alicyclic amines) is 1. The Labute approximate surface area is 122 Å². The molecule has 0 bridgehead atoms. The van der Waals surface area contributed by atoms with Crippen LogP contribution in [-0.2, 0) is 0 Å². The van der Waals surface area contributed by atoms with Crippen LogP contribution in [0.1, 0.15) is 39.5 Å². The van der Waals surface area contributed by atoms with E-state index in [2.05, 4.69) is 29.1 Å². The zero-order valence-corrected chi connectivity index (χ0v) is 13.4. The topological polar surface area (TPSA) is 53.6 Å². The van der Waals surface area contributed by atoms with Gasteiger partial charge in [0.15, 0.2) is 5.96 Å². The second-order valence-corrected chi connectivity index (χ2v) is 4.43. The molecule has 1 unspecified atom stereocenters. The van der Waals surface area contributed by atoms with E-state index < -0.39 is 0 Å². The first-order valence-electron chi connectivity index (χ1n) is 6.55. The largest absolute Gasteiger partial charge is 0.370 e. The van der Waals surface area contributed by atoms with E-state index in [-0.39, 0.29) is 24.0 Å². The van der Waals surface area contributed by atoms with E-state index >= 15 is 0 Å². The number of hydrogen-bond donors (Lipinski definition) is 2. The van der Waals surface area contributed by atoms with Crippen molar-refractivity contribution in [3.8, 4) is 0 Å². The van der Waals surface area contributed by atoms with Crippen LogP contribution in [0.15, 0.2) is 4.99 Å². The highest BCUT2D eigenvalue weighted by atomic mass is 127. The lowest BCUT2D eigenvalue weighted by molar-refractivity contribution is 0.273. The van der Waals surface area contributed by atoms with Gasteiger partial charge in [-0.15, -0.1) is 24.0 Å². The molecule has 0 aromatic carbocycles. The summed E-state index contributed by atoms with van der Waals surface area (Å²) in [6.45, 7) is 8.52. The van der Waals surface area contributed by atoms with E-state index in [0.29, 0.717) is 12.0 Å². The van der Waals surface area contributed by atoms with E-state index in [4.69, 9.17) is 5.73 Å². The second-order valence-electron chi connectivity index (χ2n) is 4.43. The average Bonchev–Trinajstić information content (AvgIpc) is 2.74. The van der Waals surface area contributed by atoms with Gasteiger partial charge < -0.3 is 11.1 Å². The Morgan fingerprint density at radius 2 is 2.24 bits per heavy atom. The molecule has 0 spiro atoms. The van der Waals surface area contributed by atoms with Crippen molar-refractivity contribution in [2.45, 2.75) is 45.6 Å². The van der Waals surface area contributed by atoms with Crippen molar-refractivity contribution in [2.24, 2.45) is 10.7 Å². The molecule has 3 N–H and O–H groups in total. The number of aliphatic imine (C=N–C) groups is 1. The SMILES string of the molecule is CCCCNC(N)=NCC1CCCN1CC.I. The lowest BCUT2D eigenvalue weighted by atomic mass is 10.2. The van der Waals surface area contributed by atoms with Gasteiger partial charge in [-0.05, 0) is 32.4 Å². The highest BCUT2D eigenvalue weighted by molar-refractivity contribution is 14.0. The summed E-state index contributed by atoms with van der Waals surface area (Å²) >= 11 is 0. The molecule has 1 rings (SSSR count). The van der Waals surface area contributed by atoms with E-state index in [1.54, 1.807) is 0 Å². The zero-order chi connectivity index (χ0) is 11.8. The fourth-order valence-corrected chi connectivity index (χ4v) is 2.17. The van der Waals surface area contributed by atoms with Gasteiger partial charge in [-0.2, -0.15) is 0 Å². The highest BCUT2D eigenvalue weighted by Crippen LogP contribution is 2.16. The first-order chi connectivity index (χ1) is 7.77. The van der Waals surface area contributed by atoms with Gasteiger partial charge in [0, 0.05) is 12.6 Å².